The maximum atomic E-state index is 11.6. The first-order valence-corrected chi connectivity index (χ1v) is 9.62. The van der Waals surface area contributed by atoms with Gasteiger partial charge in [0, 0.05) is 23.6 Å². The van der Waals surface area contributed by atoms with Gasteiger partial charge in [0.05, 0.1) is 19.3 Å². The van der Waals surface area contributed by atoms with Crippen molar-refractivity contribution in [2.24, 2.45) is 0 Å². The number of aliphatic hydroxyl groups excluding tert-OH is 1. The average Bonchev–Trinajstić information content (AvgIpc) is 3.01. The molecule has 0 radical (unpaired) electrons. The zero-order valence-electron chi connectivity index (χ0n) is 14.4. The van der Waals surface area contributed by atoms with E-state index >= 15 is 0 Å². The van der Waals surface area contributed by atoms with Crippen LogP contribution in [0.1, 0.15) is 31.7 Å². The number of thioether (sulfide) groups is 1. The van der Waals surface area contributed by atoms with E-state index in [2.05, 4.69) is 29.7 Å². The molecule has 0 spiro atoms. The minimum atomic E-state index is -0.421. The van der Waals surface area contributed by atoms with Crippen molar-refractivity contribution in [3.05, 3.63) is 35.9 Å². The van der Waals surface area contributed by atoms with Gasteiger partial charge in [-0.2, -0.15) is 11.8 Å². The molecule has 3 N–H and O–H groups in total. The number of unbranched alkanes of at least 4 members (excludes halogenated alkanes) is 1. The van der Waals surface area contributed by atoms with Gasteiger partial charge in [-0.25, -0.2) is 4.79 Å². The van der Waals surface area contributed by atoms with Crippen molar-refractivity contribution in [2.45, 2.75) is 56.2 Å². The molecule has 0 aromatic heterocycles. The van der Waals surface area contributed by atoms with E-state index in [9.17, 15) is 9.90 Å². The molecule has 1 amide bonds. The number of hydrogen-bond acceptors (Lipinski definition) is 5. The fourth-order valence-electron chi connectivity index (χ4n) is 3.01. The number of carbonyl (C=O) groups is 1. The van der Waals surface area contributed by atoms with Crippen molar-refractivity contribution in [3.63, 3.8) is 0 Å². The number of ether oxygens (including phenoxy) is 1. The second-order valence-electron chi connectivity index (χ2n) is 6.14. The number of nitrogens with one attached hydrogen (secondary N) is 2. The van der Waals surface area contributed by atoms with Crippen molar-refractivity contribution in [1.82, 2.24) is 10.6 Å². The van der Waals surface area contributed by atoms with E-state index in [-0.39, 0.29) is 23.4 Å². The van der Waals surface area contributed by atoms with E-state index in [1.54, 1.807) is 11.8 Å². The highest BCUT2D eigenvalue weighted by Crippen LogP contribution is 2.32. The summed E-state index contributed by atoms with van der Waals surface area (Å²) in [5.41, 5.74) is 1.19. The van der Waals surface area contributed by atoms with Gasteiger partial charge in [-0.3, -0.25) is 0 Å². The molecule has 24 heavy (non-hydrogen) atoms. The Hall–Kier alpha value is -1.24. The molecular weight excluding hydrogens is 324 g/mol. The highest BCUT2D eigenvalue weighted by Gasteiger charge is 2.41. The zero-order valence-corrected chi connectivity index (χ0v) is 15.2. The van der Waals surface area contributed by atoms with Gasteiger partial charge >= 0.3 is 6.09 Å². The van der Waals surface area contributed by atoms with E-state index in [0.29, 0.717) is 6.54 Å². The molecule has 4 atom stereocenters. The fourth-order valence-corrected chi connectivity index (χ4v) is 4.58. The Morgan fingerprint density at radius 2 is 2.17 bits per heavy atom. The first-order valence-electron chi connectivity index (χ1n) is 8.57. The number of hydrogen-bond donors (Lipinski definition) is 3. The summed E-state index contributed by atoms with van der Waals surface area (Å²) in [6.07, 6.45) is 2.09. The van der Waals surface area contributed by atoms with Gasteiger partial charge in [0.1, 0.15) is 0 Å². The summed E-state index contributed by atoms with van der Waals surface area (Å²) >= 11 is 1.72. The first-order chi connectivity index (χ1) is 11.7. The number of amides is 1. The van der Waals surface area contributed by atoms with Crippen LogP contribution in [-0.2, 0) is 11.3 Å². The summed E-state index contributed by atoms with van der Waals surface area (Å²) in [6.45, 7) is 2.84. The SMILES string of the molecule is CCCCC(O)[C@H]1SC[C@H](NC(=O)OC)[C@@H]1NCc1ccccc1. The van der Waals surface area contributed by atoms with Gasteiger partial charge in [-0.05, 0) is 12.0 Å². The number of methoxy groups -OCH3 is 1. The second kappa shape index (κ2) is 9.91. The molecule has 6 heteroatoms. The van der Waals surface area contributed by atoms with Crippen LogP contribution in [0.15, 0.2) is 30.3 Å². The van der Waals surface area contributed by atoms with Gasteiger partial charge in [0.25, 0.3) is 0 Å². The fraction of sp³-hybridized carbons (Fsp3) is 0.611. The van der Waals surface area contributed by atoms with Gasteiger partial charge in [0.15, 0.2) is 0 Å². The highest BCUT2D eigenvalue weighted by molar-refractivity contribution is 8.00. The summed E-state index contributed by atoms with van der Waals surface area (Å²) < 4.78 is 4.73. The Morgan fingerprint density at radius 1 is 1.42 bits per heavy atom. The number of benzene rings is 1. The average molecular weight is 353 g/mol. The van der Waals surface area contributed by atoms with Crippen LogP contribution in [-0.4, -0.2) is 47.5 Å². The molecule has 1 aliphatic rings. The molecule has 1 unspecified atom stereocenters. The van der Waals surface area contributed by atoms with E-state index < -0.39 is 6.09 Å². The van der Waals surface area contributed by atoms with E-state index in [1.165, 1.54) is 12.7 Å². The van der Waals surface area contributed by atoms with Crippen LogP contribution in [0.3, 0.4) is 0 Å². The Kier molecular flexibility index (Phi) is 7.88. The molecular formula is C18H28N2O3S. The second-order valence-corrected chi connectivity index (χ2v) is 7.35. The predicted molar refractivity (Wildman–Crippen MR) is 98.2 cm³/mol. The standard InChI is InChI=1S/C18H28N2O3S/c1-3-4-10-15(21)17-16(14(12-24-17)20-18(22)23-2)19-11-13-8-6-5-7-9-13/h5-9,14-17,19,21H,3-4,10-12H2,1-2H3,(H,20,22)/t14-,15?,16-,17+/m0/s1. The maximum Gasteiger partial charge on any atom is 0.407 e. The third-order valence-electron chi connectivity index (χ3n) is 4.36. The topological polar surface area (TPSA) is 70.6 Å². The van der Waals surface area contributed by atoms with Crippen molar-refractivity contribution in [2.75, 3.05) is 12.9 Å². The van der Waals surface area contributed by atoms with E-state index in [0.717, 1.165) is 25.0 Å². The molecule has 0 bridgehead atoms. The minimum Gasteiger partial charge on any atom is -0.453 e. The lowest BCUT2D eigenvalue weighted by molar-refractivity contribution is 0.136. The van der Waals surface area contributed by atoms with Crippen molar-refractivity contribution < 1.29 is 14.6 Å². The van der Waals surface area contributed by atoms with E-state index in [4.69, 9.17) is 4.74 Å². The number of alkyl carbamates (subject to hydrolysis) is 1. The van der Waals surface area contributed by atoms with Gasteiger partial charge < -0.3 is 20.5 Å². The molecule has 1 aromatic rings. The van der Waals surface area contributed by atoms with Crippen LogP contribution in [0.2, 0.25) is 0 Å². The molecule has 1 aromatic carbocycles. The Bertz CT molecular complexity index is 500. The minimum absolute atomic E-state index is 0.0150. The van der Waals surface area contributed by atoms with Crippen LogP contribution in [0.5, 0.6) is 0 Å². The smallest absolute Gasteiger partial charge is 0.407 e. The lowest BCUT2D eigenvalue weighted by atomic mass is 9.98. The molecule has 1 aliphatic heterocycles. The molecule has 0 aliphatic carbocycles. The maximum absolute atomic E-state index is 11.6. The lowest BCUT2D eigenvalue weighted by Gasteiger charge is -2.28. The van der Waals surface area contributed by atoms with Gasteiger partial charge in [-0.15, -0.1) is 0 Å². The van der Waals surface area contributed by atoms with Crippen molar-refractivity contribution in [1.29, 1.82) is 0 Å². The van der Waals surface area contributed by atoms with Crippen molar-refractivity contribution in [3.8, 4) is 0 Å². The molecule has 1 saturated heterocycles. The lowest BCUT2D eigenvalue weighted by Crippen LogP contribution is -2.53. The normalized spacial score (nSPS) is 24.5. The third kappa shape index (κ3) is 5.40. The first kappa shape index (κ1) is 19.1. The van der Waals surface area contributed by atoms with Gasteiger partial charge in [-0.1, -0.05) is 50.1 Å². The molecule has 5 nitrogen and oxygen atoms in total. The molecule has 0 saturated carbocycles. The molecule has 1 heterocycles. The highest BCUT2D eigenvalue weighted by atomic mass is 32.2. The van der Waals surface area contributed by atoms with Crippen LogP contribution in [0.25, 0.3) is 0 Å². The summed E-state index contributed by atoms with van der Waals surface area (Å²) in [5, 5.41) is 17.1. The summed E-state index contributed by atoms with van der Waals surface area (Å²) in [4.78, 5) is 11.6. The monoisotopic (exact) mass is 352 g/mol. The third-order valence-corrected chi connectivity index (χ3v) is 5.91. The summed E-state index contributed by atoms with van der Waals surface area (Å²) in [5.74, 6) is 0.773. The summed E-state index contributed by atoms with van der Waals surface area (Å²) in [6, 6.07) is 10.1. The molecule has 2 rings (SSSR count). The quantitative estimate of drug-likeness (QED) is 0.671. The number of aliphatic hydroxyl groups is 1. The summed E-state index contributed by atoms with van der Waals surface area (Å²) in [7, 11) is 1.37. The molecule has 134 valence electrons. The molecule has 1 fully saturated rings. The van der Waals surface area contributed by atoms with Crippen molar-refractivity contribution >= 4 is 17.9 Å². The van der Waals surface area contributed by atoms with Gasteiger partial charge in [0.2, 0.25) is 0 Å². The van der Waals surface area contributed by atoms with Crippen LogP contribution in [0, 0.1) is 0 Å². The number of carbonyl (C=O) groups excluding carboxylic acids is 1. The Morgan fingerprint density at radius 3 is 2.83 bits per heavy atom. The van der Waals surface area contributed by atoms with Crippen LogP contribution >= 0.6 is 11.8 Å². The van der Waals surface area contributed by atoms with E-state index in [1.807, 2.05) is 18.2 Å². The van der Waals surface area contributed by atoms with Crippen LogP contribution < -0.4 is 10.6 Å². The largest absolute Gasteiger partial charge is 0.453 e. The Labute approximate surface area is 148 Å². The number of rotatable bonds is 8. The zero-order chi connectivity index (χ0) is 17.4. The Balaban J connectivity index is 2.01. The predicted octanol–water partition coefficient (Wildman–Crippen LogP) is 2.54. The van der Waals surface area contributed by atoms with Crippen LogP contribution in [0.4, 0.5) is 4.79 Å².